The summed E-state index contributed by atoms with van der Waals surface area (Å²) in [7, 11) is 3.96. The topological polar surface area (TPSA) is 70.2 Å². The lowest BCUT2D eigenvalue weighted by atomic mass is 10.2. The first-order chi connectivity index (χ1) is 12.0. The zero-order chi connectivity index (χ0) is 18.2. The number of hydrogen-bond acceptors (Lipinski definition) is 5. The Bertz CT molecular complexity index is 697. The summed E-state index contributed by atoms with van der Waals surface area (Å²) >= 11 is 0. The van der Waals surface area contributed by atoms with Gasteiger partial charge in [0.2, 0.25) is 0 Å². The number of carbonyl (C=O) groups excluding carboxylic acids is 1. The smallest absolute Gasteiger partial charge is 0.274 e. The predicted octanol–water partition coefficient (Wildman–Crippen LogP) is 3.71. The summed E-state index contributed by atoms with van der Waals surface area (Å²) in [4.78, 5) is 23.1. The van der Waals surface area contributed by atoms with Crippen LogP contribution in [0.1, 0.15) is 42.5 Å². The van der Waals surface area contributed by atoms with Crippen LogP contribution in [0.4, 0.5) is 17.2 Å². The van der Waals surface area contributed by atoms with E-state index in [-0.39, 0.29) is 5.91 Å². The third kappa shape index (κ3) is 5.74. The minimum absolute atomic E-state index is 0.236. The van der Waals surface area contributed by atoms with Gasteiger partial charge < -0.3 is 15.5 Å². The molecule has 1 heterocycles. The SMILES string of the molecule is CCCCCNc1cc(C(=O)Nc2ccc(N(C)C)cc2)nc(C)n1. The molecular weight excluding hydrogens is 314 g/mol. The van der Waals surface area contributed by atoms with E-state index in [2.05, 4.69) is 27.5 Å². The lowest BCUT2D eigenvalue weighted by Gasteiger charge is -2.13. The molecule has 2 N–H and O–H groups in total. The molecule has 134 valence electrons. The molecule has 25 heavy (non-hydrogen) atoms. The van der Waals surface area contributed by atoms with Gasteiger partial charge >= 0.3 is 0 Å². The number of nitrogens with one attached hydrogen (secondary N) is 2. The van der Waals surface area contributed by atoms with Gasteiger partial charge in [-0.1, -0.05) is 19.8 Å². The average Bonchev–Trinajstić information content (AvgIpc) is 2.58. The van der Waals surface area contributed by atoms with Crippen LogP contribution in [0.3, 0.4) is 0 Å². The van der Waals surface area contributed by atoms with Gasteiger partial charge in [-0.15, -0.1) is 0 Å². The number of aromatic nitrogens is 2. The summed E-state index contributed by atoms with van der Waals surface area (Å²) in [6.07, 6.45) is 3.43. The fourth-order valence-corrected chi connectivity index (χ4v) is 2.40. The summed E-state index contributed by atoms with van der Waals surface area (Å²) < 4.78 is 0. The minimum atomic E-state index is -0.236. The number of hydrogen-bond donors (Lipinski definition) is 2. The maximum atomic E-state index is 12.5. The summed E-state index contributed by atoms with van der Waals surface area (Å²) in [6, 6.07) is 9.38. The molecule has 0 saturated carbocycles. The second kappa shape index (κ2) is 9.01. The Balaban J connectivity index is 2.04. The van der Waals surface area contributed by atoms with E-state index in [1.165, 1.54) is 12.8 Å². The number of rotatable bonds is 8. The van der Waals surface area contributed by atoms with Gasteiger partial charge in [-0.2, -0.15) is 0 Å². The lowest BCUT2D eigenvalue weighted by molar-refractivity contribution is 0.102. The van der Waals surface area contributed by atoms with Crippen LogP contribution < -0.4 is 15.5 Å². The van der Waals surface area contributed by atoms with E-state index < -0.39 is 0 Å². The van der Waals surface area contributed by atoms with Crippen molar-refractivity contribution in [3.05, 3.63) is 41.9 Å². The summed E-state index contributed by atoms with van der Waals surface area (Å²) in [5.41, 5.74) is 2.18. The van der Waals surface area contributed by atoms with Crippen molar-refractivity contribution in [3.8, 4) is 0 Å². The average molecular weight is 341 g/mol. The molecule has 2 aromatic rings. The normalized spacial score (nSPS) is 10.4. The molecule has 1 amide bonds. The van der Waals surface area contributed by atoms with Crippen molar-refractivity contribution in [2.24, 2.45) is 0 Å². The number of aryl methyl sites for hydroxylation is 1. The first-order valence-electron chi connectivity index (χ1n) is 8.68. The maximum absolute atomic E-state index is 12.5. The van der Waals surface area contributed by atoms with E-state index in [1.54, 1.807) is 13.0 Å². The van der Waals surface area contributed by atoms with Crippen LogP contribution in [0.15, 0.2) is 30.3 Å². The number of anilines is 3. The summed E-state index contributed by atoms with van der Waals surface area (Å²) in [6.45, 7) is 4.81. The first-order valence-corrected chi connectivity index (χ1v) is 8.68. The lowest BCUT2D eigenvalue weighted by Crippen LogP contribution is -2.16. The van der Waals surface area contributed by atoms with Crippen molar-refractivity contribution in [3.63, 3.8) is 0 Å². The molecule has 0 radical (unpaired) electrons. The number of unbranched alkanes of at least 4 members (excludes halogenated alkanes) is 2. The van der Waals surface area contributed by atoms with Crippen LogP contribution in [-0.2, 0) is 0 Å². The molecule has 0 aliphatic carbocycles. The van der Waals surface area contributed by atoms with Crippen LogP contribution in [0.2, 0.25) is 0 Å². The molecule has 0 unspecified atom stereocenters. The predicted molar refractivity (Wildman–Crippen MR) is 104 cm³/mol. The monoisotopic (exact) mass is 341 g/mol. The van der Waals surface area contributed by atoms with Crippen LogP contribution in [0.5, 0.6) is 0 Å². The molecular formula is C19H27N5O. The standard InChI is InChI=1S/C19H27N5O/c1-5-6-7-12-20-18-13-17(21-14(2)22-18)19(25)23-15-8-10-16(11-9-15)24(3)4/h8-11,13H,5-7,12H2,1-4H3,(H,23,25)(H,20,21,22). The van der Waals surface area contributed by atoms with Gasteiger partial charge in [0.25, 0.3) is 5.91 Å². The molecule has 1 aromatic heterocycles. The van der Waals surface area contributed by atoms with Crippen LogP contribution in [0, 0.1) is 6.92 Å². The molecule has 0 aliphatic heterocycles. The molecule has 0 fully saturated rings. The molecule has 1 aromatic carbocycles. The maximum Gasteiger partial charge on any atom is 0.274 e. The Hall–Kier alpha value is -2.63. The second-order valence-corrected chi connectivity index (χ2v) is 6.21. The Morgan fingerprint density at radius 3 is 2.48 bits per heavy atom. The van der Waals surface area contributed by atoms with E-state index >= 15 is 0 Å². The highest BCUT2D eigenvalue weighted by Gasteiger charge is 2.11. The van der Waals surface area contributed by atoms with Crippen molar-refractivity contribution in [2.75, 3.05) is 36.2 Å². The van der Waals surface area contributed by atoms with E-state index in [9.17, 15) is 4.79 Å². The van der Waals surface area contributed by atoms with Gasteiger partial charge in [0.05, 0.1) is 0 Å². The minimum Gasteiger partial charge on any atom is -0.378 e. The number of benzene rings is 1. The fourth-order valence-electron chi connectivity index (χ4n) is 2.40. The summed E-state index contributed by atoms with van der Waals surface area (Å²) in [5.74, 6) is 1.03. The van der Waals surface area contributed by atoms with Gasteiger partial charge in [-0.05, 0) is 37.6 Å². The van der Waals surface area contributed by atoms with Crippen molar-refractivity contribution in [1.29, 1.82) is 0 Å². The Morgan fingerprint density at radius 1 is 1.12 bits per heavy atom. The van der Waals surface area contributed by atoms with Gasteiger partial charge in [0.1, 0.15) is 17.3 Å². The third-order valence-electron chi connectivity index (χ3n) is 3.80. The fraction of sp³-hybridized carbons (Fsp3) is 0.421. The van der Waals surface area contributed by atoms with Crippen molar-refractivity contribution < 1.29 is 4.79 Å². The van der Waals surface area contributed by atoms with Crippen molar-refractivity contribution in [1.82, 2.24) is 9.97 Å². The molecule has 0 saturated heterocycles. The molecule has 0 aliphatic rings. The zero-order valence-corrected chi connectivity index (χ0v) is 15.5. The van der Waals surface area contributed by atoms with Crippen LogP contribution in [-0.4, -0.2) is 36.5 Å². The number of carbonyl (C=O) groups is 1. The molecule has 0 bridgehead atoms. The highest BCUT2D eigenvalue weighted by Crippen LogP contribution is 2.17. The van der Waals surface area contributed by atoms with Gasteiger partial charge in [0, 0.05) is 38.1 Å². The van der Waals surface area contributed by atoms with Crippen LogP contribution >= 0.6 is 0 Å². The van der Waals surface area contributed by atoms with E-state index in [4.69, 9.17) is 0 Å². The molecule has 2 rings (SSSR count). The molecule has 0 spiro atoms. The van der Waals surface area contributed by atoms with Gasteiger partial charge in [-0.25, -0.2) is 9.97 Å². The largest absolute Gasteiger partial charge is 0.378 e. The highest BCUT2D eigenvalue weighted by atomic mass is 16.1. The molecule has 6 heteroatoms. The summed E-state index contributed by atoms with van der Waals surface area (Å²) in [5, 5.41) is 6.14. The highest BCUT2D eigenvalue weighted by molar-refractivity contribution is 6.03. The Morgan fingerprint density at radius 2 is 1.84 bits per heavy atom. The van der Waals surface area contributed by atoms with Crippen molar-refractivity contribution >= 4 is 23.1 Å². The first kappa shape index (κ1) is 18.7. The Labute approximate surface area is 149 Å². The quantitative estimate of drug-likeness (QED) is 0.716. The molecule has 0 atom stereocenters. The number of nitrogens with zero attached hydrogens (tertiary/aromatic N) is 3. The number of amides is 1. The van der Waals surface area contributed by atoms with Crippen LogP contribution in [0.25, 0.3) is 0 Å². The zero-order valence-electron chi connectivity index (χ0n) is 15.5. The van der Waals surface area contributed by atoms with Crippen molar-refractivity contribution in [2.45, 2.75) is 33.1 Å². The molecule has 6 nitrogen and oxygen atoms in total. The Kier molecular flexibility index (Phi) is 6.74. The third-order valence-corrected chi connectivity index (χ3v) is 3.80. The van der Waals surface area contributed by atoms with E-state index in [1.807, 2.05) is 43.3 Å². The van der Waals surface area contributed by atoms with Gasteiger partial charge in [0.15, 0.2) is 0 Å². The van der Waals surface area contributed by atoms with Gasteiger partial charge in [-0.3, -0.25) is 4.79 Å². The van der Waals surface area contributed by atoms with E-state index in [0.29, 0.717) is 17.3 Å². The van der Waals surface area contributed by atoms with E-state index in [0.717, 1.165) is 24.3 Å². The second-order valence-electron chi connectivity index (χ2n) is 6.21.